The predicted octanol–water partition coefficient (Wildman–Crippen LogP) is 2.27. The molecule has 5 nitrogen and oxygen atoms in total. The Labute approximate surface area is 105 Å². The van der Waals surface area contributed by atoms with Crippen molar-refractivity contribution < 1.29 is 14.6 Å². The molecule has 6 heteroatoms. The number of aromatic carboxylic acids is 1. The number of hydrogen-bond acceptors (Lipinski definition) is 4. The number of halogens is 1. The van der Waals surface area contributed by atoms with E-state index in [0.29, 0.717) is 25.6 Å². The lowest BCUT2D eigenvalue weighted by Crippen LogP contribution is -2.08. The lowest BCUT2D eigenvalue weighted by Gasteiger charge is -2.07. The van der Waals surface area contributed by atoms with Crippen LogP contribution in [0.2, 0.25) is 5.15 Å². The molecule has 17 heavy (non-hydrogen) atoms. The quantitative estimate of drug-likeness (QED) is 0.580. The van der Waals surface area contributed by atoms with Crippen molar-refractivity contribution in [2.24, 2.45) is 0 Å². The van der Waals surface area contributed by atoms with Gasteiger partial charge in [-0.15, -0.1) is 0 Å². The van der Waals surface area contributed by atoms with Crippen LogP contribution >= 0.6 is 11.6 Å². The number of nitrogens with one attached hydrogen (secondary N) is 1. The van der Waals surface area contributed by atoms with Crippen molar-refractivity contribution in [2.75, 3.05) is 25.1 Å². The zero-order valence-corrected chi connectivity index (χ0v) is 10.3. The number of nitrogens with zero attached hydrogens (tertiary/aromatic N) is 1. The van der Waals surface area contributed by atoms with E-state index in [2.05, 4.69) is 10.3 Å². The first-order valence-corrected chi connectivity index (χ1v) is 5.73. The Morgan fingerprint density at radius 3 is 3.00 bits per heavy atom. The first-order chi connectivity index (χ1) is 8.13. The molecular weight excluding hydrogens is 244 g/mol. The van der Waals surface area contributed by atoms with Gasteiger partial charge in [0, 0.05) is 19.8 Å². The van der Waals surface area contributed by atoms with Gasteiger partial charge in [0.1, 0.15) is 11.0 Å². The molecule has 2 N–H and O–H groups in total. The number of aromatic nitrogens is 1. The fourth-order valence-corrected chi connectivity index (χ4v) is 1.45. The highest BCUT2D eigenvalue weighted by atomic mass is 35.5. The van der Waals surface area contributed by atoms with E-state index in [-0.39, 0.29) is 10.7 Å². The molecule has 1 rings (SSSR count). The van der Waals surface area contributed by atoms with Gasteiger partial charge in [0.15, 0.2) is 0 Å². The second-order valence-electron chi connectivity index (χ2n) is 3.35. The molecule has 0 bridgehead atoms. The minimum atomic E-state index is -1.02. The summed E-state index contributed by atoms with van der Waals surface area (Å²) in [6, 6.07) is 2.77. The van der Waals surface area contributed by atoms with Gasteiger partial charge in [-0.3, -0.25) is 0 Å². The molecule has 1 heterocycles. The van der Waals surface area contributed by atoms with Crippen molar-refractivity contribution in [3.63, 3.8) is 0 Å². The van der Waals surface area contributed by atoms with Crippen molar-refractivity contribution in [3.8, 4) is 0 Å². The van der Waals surface area contributed by atoms with Crippen molar-refractivity contribution in [1.29, 1.82) is 0 Å². The third-order valence-electron chi connectivity index (χ3n) is 2.02. The first-order valence-electron chi connectivity index (χ1n) is 5.36. The number of pyridine rings is 1. The van der Waals surface area contributed by atoms with Crippen LogP contribution in [0.15, 0.2) is 12.1 Å². The molecule has 1 aromatic heterocycles. The van der Waals surface area contributed by atoms with E-state index in [4.69, 9.17) is 21.4 Å². The van der Waals surface area contributed by atoms with Crippen LogP contribution in [0.25, 0.3) is 0 Å². The molecule has 0 aliphatic carbocycles. The van der Waals surface area contributed by atoms with Crippen LogP contribution in [-0.4, -0.2) is 35.8 Å². The SMILES string of the molecule is CCOCCCNc1cc(C(=O)O)cc(Cl)n1. The number of carbonyl (C=O) groups is 1. The molecule has 0 atom stereocenters. The van der Waals surface area contributed by atoms with Crippen LogP contribution in [0.4, 0.5) is 5.82 Å². The highest BCUT2D eigenvalue weighted by Crippen LogP contribution is 2.14. The Bertz CT molecular complexity index is 385. The highest BCUT2D eigenvalue weighted by Gasteiger charge is 2.06. The first kappa shape index (κ1) is 13.7. The molecule has 94 valence electrons. The number of hydrogen-bond donors (Lipinski definition) is 2. The fraction of sp³-hybridized carbons (Fsp3) is 0.455. The predicted molar refractivity (Wildman–Crippen MR) is 65.8 cm³/mol. The number of carboxylic acid groups (broad SMARTS) is 1. The summed E-state index contributed by atoms with van der Waals surface area (Å²) >= 11 is 5.72. The number of carboxylic acids is 1. The van der Waals surface area contributed by atoms with E-state index in [9.17, 15) is 4.79 Å². The average molecular weight is 259 g/mol. The van der Waals surface area contributed by atoms with Crippen molar-refractivity contribution in [2.45, 2.75) is 13.3 Å². The number of anilines is 1. The minimum absolute atomic E-state index is 0.123. The van der Waals surface area contributed by atoms with Gasteiger partial charge in [-0.2, -0.15) is 0 Å². The lowest BCUT2D eigenvalue weighted by atomic mass is 10.2. The summed E-state index contributed by atoms with van der Waals surface area (Å²) in [5, 5.41) is 12.0. The molecule has 0 aromatic carbocycles. The van der Waals surface area contributed by atoms with Crippen LogP contribution in [0.1, 0.15) is 23.7 Å². The third-order valence-corrected chi connectivity index (χ3v) is 2.21. The van der Waals surface area contributed by atoms with Gasteiger partial charge < -0.3 is 15.2 Å². The van der Waals surface area contributed by atoms with Crippen LogP contribution in [0.3, 0.4) is 0 Å². The summed E-state index contributed by atoms with van der Waals surface area (Å²) in [6.07, 6.45) is 0.824. The molecule has 0 aliphatic heterocycles. The van der Waals surface area contributed by atoms with Gasteiger partial charge in [-0.1, -0.05) is 11.6 Å². The van der Waals surface area contributed by atoms with Gasteiger partial charge in [-0.05, 0) is 25.5 Å². The van der Waals surface area contributed by atoms with E-state index in [1.807, 2.05) is 6.92 Å². The van der Waals surface area contributed by atoms with Gasteiger partial charge >= 0.3 is 5.97 Å². The van der Waals surface area contributed by atoms with Crippen LogP contribution in [-0.2, 0) is 4.74 Å². The summed E-state index contributed by atoms with van der Waals surface area (Å²) < 4.78 is 5.18. The maximum Gasteiger partial charge on any atom is 0.335 e. The second kappa shape index (κ2) is 7.09. The van der Waals surface area contributed by atoms with Crippen LogP contribution < -0.4 is 5.32 Å². The Morgan fingerprint density at radius 1 is 1.59 bits per heavy atom. The van der Waals surface area contributed by atoms with Crippen LogP contribution in [0.5, 0.6) is 0 Å². The Balaban J connectivity index is 2.50. The van der Waals surface area contributed by atoms with Gasteiger partial charge in [0.2, 0.25) is 0 Å². The Kier molecular flexibility index (Phi) is 5.72. The highest BCUT2D eigenvalue weighted by molar-refractivity contribution is 6.29. The normalized spacial score (nSPS) is 10.2. The van der Waals surface area contributed by atoms with E-state index in [1.165, 1.54) is 12.1 Å². The van der Waals surface area contributed by atoms with Gasteiger partial charge in [-0.25, -0.2) is 9.78 Å². The molecule has 0 aliphatic rings. The molecule has 0 fully saturated rings. The Morgan fingerprint density at radius 2 is 2.35 bits per heavy atom. The number of ether oxygens (including phenoxy) is 1. The van der Waals surface area contributed by atoms with Crippen molar-refractivity contribution >= 4 is 23.4 Å². The molecule has 0 radical (unpaired) electrons. The molecule has 0 unspecified atom stereocenters. The summed E-state index contributed by atoms with van der Waals surface area (Å²) in [5.41, 5.74) is 0.123. The summed E-state index contributed by atoms with van der Waals surface area (Å²) in [4.78, 5) is 14.8. The van der Waals surface area contributed by atoms with E-state index < -0.39 is 5.97 Å². The lowest BCUT2D eigenvalue weighted by molar-refractivity contribution is 0.0697. The monoisotopic (exact) mass is 258 g/mol. The maximum absolute atomic E-state index is 10.8. The van der Waals surface area contributed by atoms with Crippen LogP contribution in [0, 0.1) is 0 Å². The summed E-state index contributed by atoms with van der Waals surface area (Å²) in [5.74, 6) is -0.557. The Hall–Kier alpha value is -1.33. The van der Waals surface area contributed by atoms with Crippen molar-refractivity contribution in [1.82, 2.24) is 4.98 Å². The smallest absolute Gasteiger partial charge is 0.335 e. The second-order valence-corrected chi connectivity index (χ2v) is 3.73. The largest absolute Gasteiger partial charge is 0.478 e. The molecule has 0 saturated carbocycles. The van der Waals surface area contributed by atoms with E-state index in [0.717, 1.165) is 6.42 Å². The zero-order valence-electron chi connectivity index (χ0n) is 9.57. The molecule has 0 amide bonds. The molecule has 0 saturated heterocycles. The fourth-order valence-electron chi connectivity index (χ4n) is 1.25. The zero-order chi connectivity index (χ0) is 12.7. The summed E-state index contributed by atoms with van der Waals surface area (Å²) in [6.45, 7) is 3.95. The van der Waals surface area contributed by atoms with E-state index in [1.54, 1.807) is 0 Å². The topological polar surface area (TPSA) is 71.5 Å². The third kappa shape index (κ3) is 5.01. The van der Waals surface area contributed by atoms with Crippen molar-refractivity contribution in [3.05, 3.63) is 22.8 Å². The molecular formula is C11H15ClN2O3. The molecule has 0 spiro atoms. The minimum Gasteiger partial charge on any atom is -0.478 e. The van der Waals surface area contributed by atoms with Gasteiger partial charge in [0.05, 0.1) is 5.56 Å². The summed E-state index contributed by atoms with van der Waals surface area (Å²) in [7, 11) is 0. The maximum atomic E-state index is 10.8. The standard InChI is InChI=1S/C11H15ClN2O3/c1-2-17-5-3-4-13-10-7-8(11(15)16)6-9(12)14-10/h6-7H,2-5H2,1H3,(H,13,14)(H,15,16). The van der Waals surface area contributed by atoms with Gasteiger partial charge in [0.25, 0.3) is 0 Å². The average Bonchev–Trinajstić information content (AvgIpc) is 2.28. The van der Waals surface area contributed by atoms with E-state index >= 15 is 0 Å². The number of rotatable bonds is 7. The molecule has 1 aromatic rings.